The first-order valence-electron chi connectivity index (χ1n) is 9.07. The zero-order chi connectivity index (χ0) is 21.4. The highest BCUT2D eigenvalue weighted by Crippen LogP contribution is 2.34. The van der Waals surface area contributed by atoms with Gasteiger partial charge in [0.15, 0.2) is 5.76 Å². The summed E-state index contributed by atoms with van der Waals surface area (Å²) in [4.78, 5) is 14.3. The summed E-state index contributed by atoms with van der Waals surface area (Å²) in [6.07, 6.45) is 0.377. The molecule has 1 aromatic heterocycles. The number of hydrogen-bond donors (Lipinski definition) is 1. The molecular weight excluding hydrogens is 397 g/mol. The van der Waals surface area contributed by atoms with Crippen LogP contribution in [0, 0.1) is 28.8 Å². The monoisotopic (exact) mass is 412 g/mol. The molecule has 30 heavy (non-hydrogen) atoms. The molecule has 0 saturated heterocycles. The molecule has 1 aliphatic heterocycles. The zero-order valence-corrected chi connectivity index (χ0v) is 15.7. The lowest BCUT2D eigenvalue weighted by molar-refractivity contribution is 0.182. The van der Waals surface area contributed by atoms with E-state index in [0.29, 0.717) is 17.7 Å². The van der Waals surface area contributed by atoms with Gasteiger partial charge in [-0.25, -0.2) is 18.0 Å². The number of nitriles is 1. The van der Waals surface area contributed by atoms with Crippen molar-refractivity contribution in [3.63, 3.8) is 0 Å². The summed E-state index contributed by atoms with van der Waals surface area (Å²) in [6, 6.07) is 7.82. The van der Waals surface area contributed by atoms with Crippen LogP contribution in [0.5, 0.6) is 0 Å². The lowest BCUT2D eigenvalue weighted by atomic mass is 9.97. The molecule has 3 aromatic rings. The van der Waals surface area contributed by atoms with Gasteiger partial charge in [-0.3, -0.25) is 0 Å². The Morgan fingerprint density at radius 3 is 2.77 bits per heavy atom. The summed E-state index contributed by atoms with van der Waals surface area (Å²) in [5.74, 6) is -2.04. The Balaban J connectivity index is 1.61. The number of urea groups is 1. The fourth-order valence-electron chi connectivity index (χ4n) is 3.42. The van der Waals surface area contributed by atoms with Gasteiger partial charge in [-0.15, -0.1) is 0 Å². The van der Waals surface area contributed by atoms with Gasteiger partial charge >= 0.3 is 6.03 Å². The topological polar surface area (TPSA) is 82.2 Å². The number of nitrogens with zero attached hydrogens (tertiary/aromatic N) is 3. The van der Waals surface area contributed by atoms with E-state index in [4.69, 9.17) is 9.78 Å². The Labute approximate surface area is 169 Å². The Bertz CT molecular complexity index is 1190. The lowest BCUT2D eigenvalue weighted by Gasteiger charge is -2.32. The van der Waals surface area contributed by atoms with Gasteiger partial charge in [0.25, 0.3) is 0 Å². The number of carbonyl (C=O) groups is 1. The Morgan fingerprint density at radius 1 is 1.23 bits per heavy atom. The van der Waals surface area contributed by atoms with E-state index in [2.05, 4.69) is 10.5 Å². The summed E-state index contributed by atoms with van der Waals surface area (Å²) < 4.78 is 46.3. The van der Waals surface area contributed by atoms with Crippen LogP contribution in [-0.4, -0.2) is 22.1 Å². The zero-order valence-electron chi connectivity index (χ0n) is 15.7. The van der Waals surface area contributed by atoms with Crippen LogP contribution in [0.2, 0.25) is 0 Å². The third kappa shape index (κ3) is 3.48. The highest BCUT2D eigenvalue weighted by Gasteiger charge is 2.33. The summed E-state index contributed by atoms with van der Waals surface area (Å²) in [7, 11) is 0. The second kappa shape index (κ2) is 7.55. The molecule has 0 bridgehead atoms. The normalized spacial score (nSPS) is 15.4. The summed E-state index contributed by atoms with van der Waals surface area (Å²) >= 11 is 0. The van der Waals surface area contributed by atoms with Crippen molar-refractivity contribution in [3.8, 4) is 17.4 Å². The molecule has 0 unspecified atom stereocenters. The standard InChI is InChI=1S/C21H15F3N4O2/c1-11-6-19-16(20(30-27-19)15-4-2-13(22)8-18(15)24)10-28(11)21(29)26-14-3-5-17(23)12(7-14)9-25/h2-5,7-8,11H,6,10H2,1H3,(H,26,29)/t11-/m0/s1. The molecule has 0 saturated carbocycles. The fraction of sp³-hybridized carbons (Fsp3) is 0.190. The average molecular weight is 412 g/mol. The molecule has 2 aromatic carbocycles. The Kier molecular flexibility index (Phi) is 4.91. The van der Waals surface area contributed by atoms with E-state index in [9.17, 15) is 18.0 Å². The van der Waals surface area contributed by atoms with E-state index >= 15 is 0 Å². The van der Waals surface area contributed by atoms with Crippen molar-refractivity contribution in [3.05, 3.63) is 70.7 Å². The van der Waals surface area contributed by atoms with Gasteiger partial charge in [-0.1, -0.05) is 5.16 Å². The van der Waals surface area contributed by atoms with E-state index in [0.717, 1.165) is 18.2 Å². The molecule has 1 N–H and O–H groups in total. The summed E-state index contributed by atoms with van der Waals surface area (Å²) in [5, 5.41) is 15.6. The van der Waals surface area contributed by atoms with Crippen molar-refractivity contribution in [1.29, 1.82) is 5.26 Å². The van der Waals surface area contributed by atoms with E-state index in [1.165, 1.54) is 23.1 Å². The van der Waals surface area contributed by atoms with Crippen molar-refractivity contribution in [2.24, 2.45) is 0 Å². The number of fused-ring (bicyclic) bond motifs is 1. The van der Waals surface area contributed by atoms with Crippen LogP contribution in [-0.2, 0) is 13.0 Å². The molecule has 2 heterocycles. The first kappa shape index (κ1) is 19.5. The quantitative estimate of drug-likeness (QED) is 0.667. The molecular formula is C21H15F3N4O2. The minimum absolute atomic E-state index is 0.0530. The van der Waals surface area contributed by atoms with Crippen molar-refractivity contribution in [2.45, 2.75) is 25.9 Å². The van der Waals surface area contributed by atoms with Gasteiger partial charge in [-0.05, 0) is 37.3 Å². The average Bonchev–Trinajstić information content (AvgIpc) is 3.11. The first-order valence-corrected chi connectivity index (χ1v) is 9.07. The number of hydrogen-bond acceptors (Lipinski definition) is 4. The molecule has 4 rings (SSSR count). The maximum Gasteiger partial charge on any atom is 0.322 e. The third-order valence-corrected chi connectivity index (χ3v) is 4.99. The summed E-state index contributed by atoms with van der Waals surface area (Å²) in [5.41, 5.74) is 1.27. The van der Waals surface area contributed by atoms with E-state index in [1.54, 1.807) is 6.07 Å². The van der Waals surface area contributed by atoms with Crippen LogP contribution in [0.15, 0.2) is 40.9 Å². The Hall–Kier alpha value is -3.80. The van der Waals surface area contributed by atoms with Crippen LogP contribution in [0.4, 0.5) is 23.7 Å². The lowest BCUT2D eigenvalue weighted by Crippen LogP contribution is -2.44. The predicted octanol–water partition coefficient (Wildman–Crippen LogP) is 4.61. The van der Waals surface area contributed by atoms with E-state index < -0.39 is 23.5 Å². The van der Waals surface area contributed by atoms with Gasteiger partial charge in [0.1, 0.15) is 23.5 Å². The second-order valence-corrected chi connectivity index (χ2v) is 6.98. The number of rotatable bonds is 2. The van der Waals surface area contributed by atoms with Gasteiger partial charge in [-0.2, -0.15) is 5.26 Å². The predicted molar refractivity (Wildman–Crippen MR) is 101 cm³/mol. The molecule has 2 amide bonds. The molecule has 0 spiro atoms. The molecule has 0 aliphatic carbocycles. The van der Waals surface area contributed by atoms with Crippen LogP contribution in [0.3, 0.4) is 0 Å². The second-order valence-electron chi connectivity index (χ2n) is 6.98. The number of amides is 2. The number of anilines is 1. The molecule has 1 aliphatic rings. The third-order valence-electron chi connectivity index (χ3n) is 4.99. The van der Waals surface area contributed by atoms with Crippen LogP contribution in [0.25, 0.3) is 11.3 Å². The number of aromatic nitrogens is 1. The van der Waals surface area contributed by atoms with Crippen LogP contribution in [0.1, 0.15) is 23.7 Å². The summed E-state index contributed by atoms with van der Waals surface area (Å²) in [6.45, 7) is 1.91. The van der Waals surface area contributed by atoms with E-state index in [1.807, 2.05) is 6.92 Å². The van der Waals surface area contributed by atoms with Crippen LogP contribution < -0.4 is 5.32 Å². The fourth-order valence-corrected chi connectivity index (χ4v) is 3.42. The SMILES string of the molecule is C[C@H]1Cc2noc(-c3ccc(F)cc3F)c2CN1C(=O)Nc1ccc(F)c(C#N)c1. The highest BCUT2D eigenvalue weighted by molar-refractivity contribution is 5.90. The van der Waals surface area contributed by atoms with Gasteiger partial charge in [0, 0.05) is 29.8 Å². The molecule has 9 heteroatoms. The largest absolute Gasteiger partial charge is 0.356 e. The van der Waals surface area contributed by atoms with Crippen molar-refractivity contribution < 1.29 is 22.5 Å². The molecule has 6 nitrogen and oxygen atoms in total. The minimum Gasteiger partial charge on any atom is -0.356 e. The van der Waals surface area contributed by atoms with E-state index in [-0.39, 0.29) is 35.2 Å². The van der Waals surface area contributed by atoms with Gasteiger partial charge < -0.3 is 14.7 Å². The number of carbonyl (C=O) groups excluding carboxylic acids is 1. The van der Waals surface area contributed by atoms with Gasteiger partial charge in [0.2, 0.25) is 0 Å². The van der Waals surface area contributed by atoms with Crippen molar-refractivity contribution in [1.82, 2.24) is 10.1 Å². The highest BCUT2D eigenvalue weighted by atomic mass is 19.1. The molecule has 0 fully saturated rings. The number of halogens is 3. The van der Waals surface area contributed by atoms with Crippen molar-refractivity contribution >= 4 is 11.7 Å². The number of benzene rings is 2. The maximum absolute atomic E-state index is 14.2. The van der Waals surface area contributed by atoms with Gasteiger partial charge in [0.05, 0.1) is 23.4 Å². The molecule has 0 radical (unpaired) electrons. The first-order chi connectivity index (χ1) is 14.4. The smallest absolute Gasteiger partial charge is 0.322 e. The van der Waals surface area contributed by atoms with Crippen LogP contribution >= 0.6 is 0 Å². The number of nitrogens with one attached hydrogen (secondary N) is 1. The molecule has 152 valence electrons. The van der Waals surface area contributed by atoms with Crippen molar-refractivity contribution in [2.75, 3.05) is 5.32 Å². The Morgan fingerprint density at radius 2 is 2.03 bits per heavy atom. The minimum atomic E-state index is -0.793. The molecule has 1 atom stereocenters. The maximum atomic E-state index is 14.2.